The molecule has 4 rings (SSSR count). The highest BCUT2D eigenvalue weighted by Gasteiger charge is 2.34. The van der Waals surface area contributed by atoms with Gasteiger partial charge in [-0.25, -0.2) is 0 Å². The Morgan fingerprint density at radius 3 is 2.67 bits per heavy atom. The summed E-state index contributed by atoms with van der Waals surface area (Å²) in [5.41, 5.74) is 1.45. The predicted octanol–water partition coefficient (Wildman–Crippen LogP) is 2.09. The Hall–Kier alpha value is -0.900. The SMILES string of the molecule is c1ccc(CN2CCC(N3CCC4CCC(C3)N4)C2)cc1. The Morgan fingerprint density at radius 2 is 1.76 bits per heavy atom. The molecule has 3 aliphatic heterocycles. The van der Waals surface area contributed by atoms with Crippen molar-refractivity contribution in [3.63, 3.8) is 0 Å². The number of fused-ring (bicyclic) bond motifs is 2. The van der Waals surface area contributed by atoms with E-state index in [9.17, 15) is 0 Å². The first-order valence-electron chi connectivity index (χ1n) is 8.63. The number of hydrogen-bond acceptors (Lipinski definition) is 3. The quantitative estimate of drug-likeness (QED) is 0.917. The molecular formula is C18H27N3. The van der Waals surface area contributed by atoms with E-state index in [1.54, 1.807) is 0 Å². The van der Waals surface area contributed by atoms with Crippen LogP contribution in [0.15, 0.2) is 30.3 Å². The summed E-state index contributed by atoms with van der Waals surface area (Å²) in [4.78, 5) is 5.42. The van der Waals surface area contributed by atoms with Crippen molar-refractivity contribution in [3.05, 3.63) is 35.9 Å². The summed E-state index contributed by atoms with van der Waals surface area (Å²) in [6, 6.07) is 13.3. The molecule has 1 aromatic rings. The zero-order valence-corrected chi connectivity index (χ0v) is 12.9. The minimum absolute atomic E-state index is 0.765. The molecule has 0 aliphatic carbocycles. The zero-order valence-electron chi connectivity index (χ0n) is 12.9. The van der Waals surface area contributed by atoms with Gasteiger partial charge in [0.25, 0.3) is 0 Å². The van der Waals surface area contributed by atoms with Gasteiger partial charge in [-0.1, -0.05) is 30.3 Å². The highest BCUT2D eigenvalue weighted by molar-refractivity contribution is 5.14. The molecule has 0 spiro atoms. The zero-order chi connectivity index (χ0) is 14.1. The Morgan fingerprint density at radius 1 is 0.905 bits per heavy atom. The van der Waals surface area contributed by atoms with Gasteiger partial charge in [0.05, 0.1) is 0 Å². The van der Waals surface area contributed by atoms with Gasteiger partial charge in [-0.05, 0) is 31.2 Å². The minimum atomic E-state index is 0.765. The Kier molecular flexibility index (Phi) is 3.97. The number of hydrogen-bond donors (Lipinski definition) is 1. The molecule has 2 bridgehead atoms. The monoisotopic (exact) mass is 285 g/mol. The first-order valence-corrected chi connectivity index (χ1v) is 8.63. The summed E-state index contributed by atoms with van der Waals surface area (Å²) in [5.74, 6) is 0. The Bertz CT molecular complexity index is 461. The maximum atomic E-state index is 3.80. The Labute approximate surface area is 128 Å². The molecule has 0 saturated carbocycles. The second kappa shape index (κ2) is 6.07. The van der Waals surface area contributed by atoms with Gasteiger partial charge in [0.2, 0.25) is 0 Å². The molecule has 0 amide bonds. The summed E-state index contributed by atoms with van der Waals surface area (Å²) in [6.07, 6.45) is 5.50. The largest absolute Gasteiger partial charge is 0.310 e. The van der Waals surface area contributed by atoms with Crippen LogP contribution >= 0.6 is 0 Å². The molecule has 3 aliphatic rings. The number of nitrogens with one attached hydrogen (secondary N) is 1. The predicted molar refractivity (Wildman–Crippen MR) is 86.3 cm³/mol. The van der Waals surface area contributed by atoms with Crippen molar-refractivity contribution in [2.45, 2.75) is 50.4 Å². The molecule has 3 atom stereocenters. The van der Waals surface area contributed by atoms with Gasteiger partial charge >= 0.3 is 0 Å². The van der Waals surface area contributed by atoms with Crippen molar-refractivity contribution in [1.29, 1.82) is 0 Å². The van der Waals surface area contributed by atoms with Gasteiger partial charge in [0, 0.05) is 50.8 Å². The first kappa shape index (κ1) is 13.7. The average Bonchev–Trinajstić information content (AvgIpc) is 3.07. The minimum Gasteiger partial charge on any atom is -0.310 e. The van der Waals surface area contributed by atoms with Crippen molar-refractivity contribution >= 4 is 0 Å². The summed E-state index contributed by atoms with van der Waals surface area (Å²) in [7, 11) is 0. The molecule has 3 fully saturated rings. The van der Waals surface area contributed by atoms with Crippen LogP contribution in [0.2, 0.25) is 0 Å². The standard InChI is InChI=1S/C18H27N3/c1-2-4-15(5-3-1)12-20-10-9-18(14-20)21-11-8-16-6-7-17(13-21)19-16/h1-5,16-19H,6-14H2. The molecule has 3 saturated heterocycles. The summed E-state index contributed by atoms with van der Waals surface area (Å²) in [6.45, 7) is 6.22. The molecule has 3 heteroatoms. The van der Waals surface area contributed by atoms with Crippen LogP contribution in [0.25, 0.3) is 0 Å². The summed E-state index contributed by atoms with van der Waals surface area (Å²) < 4.78 is 0. The van der Waals surface area contributed by atoms with E-state index in [1.807, 2.05) is 0 Å². The lowest BCUT2D eigenvalue weighted by Gasteiger charge is -2.30. The fourth-order valence-electron chi connectivity index (χ4n) is 4.40. The van der Waals surface area contributed by atoms with Crippen LogP contribution in [0.4, 0.5) is 0 Å². The lowest BCUT2D eigenvalue weighted by atomic mass is 10.1. The lowest BCUT2D eigenvalue weighted by Crippen LogP contribution is -2.43. The second-order valence-electron chi connectivity index (χ2n) is 7.08. The fraction of sp³-hybridized carbons (Fsp3) is 0.667. The summed E-state index contributed by atoms with van der Waals surface area (Å²) in [5, 5.41) is 3.80. The molecule has 0 radical (unpaired) electrons. The molecule has 21 heavy (non-hydrogen) atoms. The smallest absolute Gasteiger partial charge is 0.0236 e. The van der Waals surface area contributed by atoms with Crippen LogP contribution in [0, 0.1) is 0 Å². The third-order valence-electron chi connectivity index (χ3n) is 5.57. The van der Waals surface area contributed by atoms with Gasteiger partial charge in [-0.3, -0.25) is 9.80 Å². The van der Waals surface area contributed by atoms with Crippen molar-refractivity contribution < 1.29 is 0 Å². The number of likely N-dealkylation sites (tertiary alicyclic amines) is 2. The van der Waals surface area contributed by atoms with E-state index in [0.29, 0.717) is 0 Å². The fourth-order valence-corrected chi connectivity index (χ4v) is 4.40. The van der Waals surface area contributed by atoms with E-state index in [-0.39, 0.29) is 0 Å². The molecule has 3 nitrogen and oxygen atoms in total. The number of nitrogens with zero attached hydrogens (tertiary/aromatic N) is 2. The molecule has 1 aromatic carbocycles. The van der Waals surface area contributed by atoms with Gasteiger partial charge < -0.3 is 5.32 Å². The third-order valence-corrected chi connectivity index (χ3v) is 5.57. The van der Waals surface area contributed by atoms with Crippen LogP contribution in [-0.2, 0) is 6.54 Å². The molecule has 0 aromatic heterocycles. The van der Waals surface area contributed by atoms with Crippen LogP contribution in [0.5, 0.6) is 0 Å². The highest BCUT2D eigenvalue weighted by Crippen LogP contribution is 2.25. The maximum absolute atomic E-state index is 3.80. The summed E-state index contributed by atoms with van der Waals surface area (Å²) >= 11 is 0. The van der Waals surface area contributed by atoms with Gasteiger partial charge in [0.1, 0.15) is 0 Å². The van der Waals surface area contributed by atoms with E-state index in [2.05, 4.69) is 45.4 Å². The van der Waals surface area contributed by atoms with E-state index >= 15 is 0 Å². The average molecular weight is 285 g/mol. The topological polar surface area (TPSA) is 18.5 Å². The van der Waals surface area contributed by atoms with Crippen LogP contribution in [-0.4, -0.2) is 54.1 Å². The first-order chi connectivity index (χ1) is 10.4. The molecule has 3 unspecified atom stereocenters. The number of benzene rings is 1. The van der Waals surface area contributed by atoms with Crippen LogP contribution in [0.1, 0.15) is 31.2 Å². The van der Waals surface area contributed by atoms with Gasteiger partial charge in [-0.15, -0.1) is 0 Å². The van der Waals surface area contributed by atoms with E-state index in [0.717, 1.165) is 24.7 Å². The number of rotatable bonds is 3. The van der Waals surface area contributed by atoms with Crippen LogP contribution < -0.4 is 5.32 Å². The normalized spacial score (nSPS) is 34.2. The molecule has 3 heterocycles. The van der Waals surface area contributed by atoms with Crippen molar-refractivity contribution in [3.8, 4) is 0 Å². The van der Waals surface area contributed by atoms with Gasteiger partial charge in [-0.2, -0.15) is 0 Å². The van der Waals surface area contributed by atoms with Crippen LogP contribution in [0.3, 0.4) is 0 Å². The second-order valence-corrected chi connectivity index (χ2v) is 7.08. The maximum Gasteiger partial charge on any atom is 0.0236 e. The Balaban J connectivity index is 1.33. The van der Waals surface area contributed by atoms with E-state index in [4.69, 9.17) is 0 Å². The molecule has 114 valence electrons. The van der Waals surface area contributed by atoms with Crippen molar-refractivity contribution in [2.24, 2.45) is 0 Å². The molecular weight excluding hydrogens is 258 g/mol. The molecule has 1 N–H and O–H groups in total. The van der Waals surface area contributed by atoms with Crippen molar-refractivity contribution in [1.82, 2.24) is 15.1 Å². The van der Waals surface area contributed by atoms with E-state index < -0.39 is 0 Å². The third kappa shape index (κ3) is 3.15. The highest BCUT2D eigenvalue weighted by atomic mass is 15.3. The van der Waals surface area contributed by atoms with Crippen molar-refractivity contribution in [2.75, 3.05) is 26.2 Å². The van der Waals surface area contributed by atoms with E-state index in [1.165, 1.54) is 57.4 Å². The van der Waals surface area contributed by atoms with Gasteiger partial charge in [0.15, 0.2) is 0 Å². The lowest BCUT2D eigenvalue weighted by molar-refractivity contribution is 0.182.